The van der Waals surface area contributed by atoms with E-state index in [0.29, 0.717) is 6.04 Å². The summed E-state index contributed by atoms with van der Waals surface area (Å²) in [7, 11) is 0. The van der Waals surface area contributed by atoms with Crippen LogP contribution in [0.3, 0.4) is 0 Å². The second-order valence-electron chi connectivity index (χ2n) is 5.20. The molecule has 100 valence electrons. The van der Waals surface area contributed by atoms with Crippen molar-refractivity contribution >= 4 is 17.2 Å². The largest absolute Gasteiger partial charge is 0.349 e. The molecule has 0 unspecified atom stereocenters. The van der Waals surface area contributed by atoms with Crippen LogP contribution in [0.4, 0.5) is 0 Å². The highest BCUT2D eigenvalue weighted by Gasteiger charge is 2.27. The fraction of sp³-hybridized carbons (Fsp3) is 0.429. The first-order valence-electron chi connectivity index (χ1n) is 6.60. The minimum absolute atomic E-state index is 0.0297. The first kappa shape index (κ1) is 12.4. The van der Waals surface area contributed by atoms with E-state index in [2.05, 4.69) is 24.1 Å². The van der Waals surface area contributed by atoms with Gasteiger partial charge in [0.1, 0.15) is 4.88 Å². The Morgan fingerprint density at radius 1 is 1.42 bits per heavy atom. The molecular weight excluding hydrogens is 258 g/mol. The average molecular weight is 275 g/mol. The Balaban J connectivity index is 1.94. The Morgan fingerprint density at radius 2 is 2.11 bits per heavy atom. The van der Waals surface area contributed by atoms with Crippen LogP contribution in [0.25, 0.3) is 5.13 Å². The van der Waals surface area contributed by atoms with E-state index in [-0.39, 0.29) is 11.8 Å². The standard InChI is InChI=1S/C14H17N3OS/c1-9(2)11-12(13(18)15-10-5-6-10)19-14(16-11)17-7-3-4-8-17/h3-4,7-10H,5-6H2,1-2H3,(H,15,18). The Bertz CT molecular complexity index is 582. The van der Waals surface area contributed by atoms with Gasteiger partial charge in [-0.1, -0.05) is 25.2 Å². The molecule has 4 nitrogen and oxygen atoms in total. The third-order valence-electron chi connectivity index (χ3n) is 3.13. The lowest BCUT2D eigenvalue weighted by Gasteiger charge is -2.05. The summed E-state index contributed by atoms with van der Waals surface area (Å²) in [5.74, 6) is 0.280. The topological polar surface area (TPSA) is 46.9 Å². The molecule has 0 spiro atoms. The second kappa shape index (κ2) is 4.81. The molecule has 1 fully saturated rings. The molecule has 19 heavy (non-hydrogen) atoms. The molecule has 3 rings (SSSR count). The van der Waals surface area contributed by atoms with Gasteiger partial charge in [-0.25, -0.2) is 4.98 Å². The van der Waals surface area contributed by atoms with Crippen LogP contribution in [0.5, 0.6) is 0 Å². The minimum Gasteiger partial charge on any atom is -0.349 e. The molecule has 0 bridgehead atoms. The van der Waals surface area contributed by atoms with Crippen molar-refractivity contribution in [1.29, 1.82) is 0 Å². The molecule has 1 aliphatic carbocycles. The van der Waals surface area contributed by atoms with E-state index in [4.69, 9.17) is 0 Å². The third-order valence-corrected chi connectivity index (χ3v) is 4.22. The van der Waals surface area contributed by atoms with Crippen molar-refractivity contribution < 1.29 is 4.79 Å². The van der Waals surface area contributed by atoms with Crippen LogP contribution in [-0.2, 0) is 0 Å². The predicted octanol–water partition coefficient (Wildman–Crippen LogP) is 2.95. The number of carbonyl (C=O) groups excluding carboxylic acids is 1. The molecule has 0 saturated heterocycles. The lowest BCUT2D eigenvalue weighted by atomic mass is 10.1. The number of thiazole rings is 1. The molecule has 1 aliphatic rings. The van der Waals surface area contributed by atoms with Gasteiger partial charge in [-0.3, -0.25) is 4.79 Å². The Hall–Kier alpha value is -1.62. The normalized spacial score (nSPS) is 14.9. The summed E-state index contributed by atoms with van der Waals surface area (Å²) in [6.07, 6.45) is 6.11. The fourth-order valence-corrected chi connectivity index (χ4v) is 3.02. The van der Waals surface area contributed by atoms with E-state index in [1.165, 1.54) is 11.3 Å². The fourth-order valence-electron chi connectivity index (χ4n) is 1.93. The summed E-state index contributed by atoms with van der Waals surface area (Å²) in [5.41, 5.74) is 0.895. The van der Waals surface area contributed by atoms with Crippen LogP contribution >= 0.6 is 11.3 Å². The molecule has 0 radical (unpaired) electrons. The first-order valence-corrected chi connectivity index (χ1v) is 7.41. The van der Waals surface area contributed by atoms with Crippen molar-refractivity contribution in [3.8, 4) is 5.13 Å². The number of amides is 1. The predicted molar refractivity (Wildman–Crippen MR) is 76.0 cm³/mol. The number of nitrogens with zero attached hydrogens (tertiary/aromatic N) is 2. The molecule has 2 aromatic heterocycles. The van der Waals surface area contributed by atoms with Gasteiger partial charge >= 0.3 is 0 Å². The van der Waals surface area contributed by atoms with Crippen molar-refractivity contribution in [3.05, 3.63) is 35.1 Å². The highest BCUT2D eigenvalue weighted by Crippen LogP contribution is 2.29. The van der Waals surface area contributed by atoms with Crippen molar-refractivity contribution in [2.24, 2.45) is 0 Å². The number of nitrogens with one attached hydrogen (secondary N) is 1. The SMILES string of the molecule is CC(C)c1nc(-n2cccc2)sc1C(=O)NC1CC1. The monoisotopic (exact) mass is 275 g/mol. The molecule has 1 amide bonds. The molecule has 2 heterocycles. The maximum Gasteiger partial charge on any atom is 0.263 e. The summed E-state index contributed by atoms with van der Waals surface area (Å²) in [6.45, 7) is 4.14. The van der Waals surface area contributed by atoms with Gasteiger partial charge in [-0.15, -0.1) is 0 Å². The van der Waals surface area contributed by atoms with Crippen LogP contribution in [0.2, 0.25) is 0 Å². The van der Waals surface area contributed by atoms with E-state index >= 15 is 0 Å². The van der Waals surface area contributed by atoms with E-state index in [1.54, 1.807) is 0 Å². The number of aromatic nitrogens is 2. The van der Waals surface area contributed by atoms with Crippen LogP contribution in [0.15, 0.2) is 24.5 Å². The summed E-state index contributed by atoms with van der Waals surface area (Å²) >= 11 is 1.46. The highest BCUT2D eigenvalue weighted by atomic mass is 32.1. The molecule has 2 aromatic rings. The quantitative estimate of drug-likeness (QED) is 0.932. The lowest BCUT2D eigenvalue weighted by Crippen LogP contribution is -2.25. The Morgan fingerprint density at radius 3 is 2.68 bits per heavy atom. The average Bonchev–Trinajstić information content (AvgIpc) is 2.91. The number of carbonyl (C=O) groups is 1. The van der Waals surface area contributed by atoms with E-state index in [0.717, 1.165) is 28.5 Å². The Kier molecular flexibility index (Phi) is 3.14. The van der Waals surface area contributed by atoms with Crippen LogP contribution in [-0.4, -0.2) is 21.5 Å². The van der Waals surface area contributed by atoms with Gasteiger partial charge in [0.25, 0.3) is 5.91 Å². The maximum absolute atomic E-state index is 12.3. The minimum atomic E-state index is 0.0297. The van der Waals surface area contributed by atoms with Crippen molar-refractivity contribution in [2.45, 2.75) is 38.6 Å². The molecule has 1 saturated carbocycles. The van der Waals surface area contributed by atoms with Gasteiger partial charge in [0, 0.05) is 18.4 Å². The number of hydrogen-bond acceptors (Lipinski definition) is 3. The highest BCUT2D eigenvalue weighted by molar-refractivity contribution is 7.16. The van der Waals surface area contributed by atoms with Gasteiger partial charge < -0.3 is 9.88 Å². The van der Waals surface area contributed by atoms with Crippen molar-refractivity contribution in [2.75, 3.05) is 0 Å². The second-order valence-corrected chi connectivity index (χ2v) is 6.18. The molecule has 5 heteroatoms. The summed E-state index contributed by atoms with van der Waals surface area (Å²) in [4.78, 5) is 17.6. The van der Waals surface area contributed by atoms with Crippen LogP contribution in [0, 0.1) is 0 Å². The van der Waals surface area contributed by atoms with Gasteiger partial charge in [0.15, 0.2) is 5.13 Å². The molecule has 0 atom stereocenters. The van der Waals surface area contributed by atoms with E-state index in [1.807, 2.05) is 29.1 Å². The van der Waals surface area contributed by atoms with Crippen LogP contribution < -0.4 is 5.32 Å². The van der Waals surface area contributed by atoms with Gasteiger partial charge in [0.05, 0.1) is 5.69 Å². The number of rotatable bonds is 4. The first-order chi connectivity index (χ1) is 9.15. The molecular formula is C14H17N3OS. The summed E-state index contributed by atoms with van der Waals surface area (Å²) in [6, 6.07) is 4.30. The number of hydrogen-bond donors (Lipinski definition) is 1. The Labute approximate surface area is 116 Å². The van der Waals surface area contributed by atoms with Gasteiger partial charge in [-0.05, 0) is 30.9 Å². The zero-order valence-corrected chi connectivity index (χ0v) is 11.9. The smallest absolute Gasteiger partial charge is 0.263 e. The molecule has 0 aliphatic heterocycles. The van der Waals surface area contributed by atoms with E-state index < -0.39 is 0 Å². The summed E-state index contributed by atoms with van der Waals surface area (Å²) in [5, 5.41) is 3.90. The zero-order valence-electron chi connectivity index (χ0n) is 11.1. The van der Waals surface area contributed by atoms with Crippen molar-refractivity contribution in [1.82, 2.24) is 14.9 Å². The van der Waals surface area contributed by atoms with Crippen molar-refractivity contribution in [3.63, 3.8) is 0 Å². The maximum atomic E-state index is 12.3. The van der Waals surface area contributed by atoms with Crippen LogP contribution in [0.1, 0.15) is 48.0 Å². The van der Waals surface area contributed by atoms with Gasteiger partial charge in [-0.2, -0.15) is 0 Å². The van der Waals surface area contributed by atoms with E-state index in [9.17, 15) is 4.79 Å². The molecule has 0 aromatic carbocycles. The van der Waals surface area contributed by atoms with Gasteiger partial charge in [0.2, 0.25) is 0 Å². The lowest BCUT2D eigenvalue weighted by molar-refractivity contribution is 0.0953. The zero-order chi connectivity index (χ0) is 13.4. The third kappa shape index (κ3) is 2.56. The molecule has 1 N–H and O–H groups in total. The summed E-state index contributed by atoms with van der Waals surface area (Å²) < 4.78 is 1.95.